The van der Waals surface area contributed by atoms with Crippen molar-refractivity contribution < 1.29 is 5.11 Å². The van der Waals surface area contributed by atoms with Gasteiger partial charge in [-0.25, -0.2) is 4.98 Å². The molecule has 0 spiro atoms. The molecule has 88 valence electrons. The summed E-state index contributed by atoms with van der Waals surface area (Å²) in [5.74, 6) is 2.36. The maximum Gasteiger partial charge on any atom is 0.111 e. The molecule has 16 heavy (non-hydrogen) atoms. The summed E-state index contributed by atoms with van der Waals surface area (Å²) in [6, 6.07) is 0. The van der Waals surface area contributed by atoms with E-state index in [0.717, 1.165) is 31.1 Å². The summed E-state index contributed by atoms with van der Waals surface area (Å²) in [6.45, 7) is 3.07. The second-order valence-corrected chi connectivity index (χ2v) is 5.49. The highest BCUT2D eigenvalue weighted by molar-refractivity contribution is 5.07. The van der Waals surface area contributed by atoms with Crippen LogP contribution in [0.2, 0.25) is 0 Å². The van der Waals surface area contributed by atoms with Crippen LogP contribution in [-0.2, 0) is 13.0 Å². The predicted molar refractivity (Wildman–Crippen MR) is 62.0 cm³/mol. The molecular weight excluding hydrogens is 200 g/mol. The third-order valence-electron chi connectivity index (χ3n) is 4.55. The first-order valence-corrected chi connectivity index (χ1v) is 6.43. The van der Waals surface area contributed by atoms with E-state index in [1.165, 1.54) is 19.3 Å². The zero-order valence-corrected chi connectivity index (χ0v) is 9.89. The smallest absolute Gasteiger partial charge is 0.111 e. The van der Waals surface area contributed by atoms with Gasteiger partial charge in [0.2, 0.25) is 0 Å². The number of aromatic nitrogens is 2. The highest BCUT2D eigenvalue weighted by Gasteiger charge is 2.50. The molecule has 0 aliphatic heterocycles. The lowest BCUT2D eigenvalue weighted by atomic mass is 9.81. The Bertz CT molecular complexity index is 387. The lowest BCUT2D eigenvalue weighted by molar-refractivity contribution is -0.0147. The SMILES string of the molecule is CCn1ccnc1CC1(O)CC2CCC1C2. The van der Waals surface area contributed by atoms with Crippen molar-refractivity contribution in [2.75, 3.05) is 0 Å². The Morgan fingerprint density at radius 1 is 1.56 bits per heavy atom. The van der Waals surface area contributed by atoms with E-state index >= 15 is 0 Å². The van der Waals surface area contributed by atoms with Crippen LogP contribution in [0.15, 0.2) is 12.4 Å². The fraction of sp³-hybridized carbons (Fsp3) is 0.769. The van der Waals surface area contributed by atoms with Gasteiger partial charge in [0.15, 0.2) is 0 Å². The van der Waals surface area contributed by atoms with E-state index in [1.54, 1.807) is 0 Å². The van der Waals surface area contributed by atoms with E-state index in [9.17, 15) is 5.11 Å². The van der Waals surface area contributed by atoms with E-state index in [-0.39, 0.29) is 0 Å². The maximum absolute atomic E-state index is 10.7. The highest BCUT2D eigenvalue weighted by Crippen LogP contribution is 2.51. The van der Waals surface area contributed by atoms with Crippen molar-refractivity contribution in [2.45, 2.75) is 51.2 Å². The van der Waals surface area contributed by atoms with Crippen LogP contribution in [0.4, 0.5) is 0 Å². The average molecular weight is 220 g/mol. The number of rotatable bonds is 3. The standard InChI is InChI=1S/C13H20N2O/c1-2-15-6-5-14-12(15)9-13(16)8-10-3-4-11(13)7-10/h5-6,10-11,16H,2-4,7-9H2,1H3. The van der Waals surface area contributed by atoms with E-state index < -0.39 is 5.60 Å². The van der Waals surface area contributed by atoms with Gasteiger partial charge in [-0.2, -0.15) is 0 Å². The largest absolute Gasteiger partial charge is 0.389 e. The third kappa shape index (κ3) is 1.49. The molecule has 2 saturated carbocycles. The fourth-order valence-electron chi connectivity index (χ4n) is 3.70. The third-order valence-corrected chi connectivity index (χ3v) is 4.55. The number of nitrogens with zero attached hydrogens (tertiary/aromatic N) is 2. The molecule has 2 aliphatic rings. The van der Waals surface area contributed by atoms with E-state index in [4.69, 9.17) is 0 Å². The average Bonchev–Trinajstić information content (AvgIpc) is 2.92. The normalized spacial score (nSPS) is 37.1. The minimum atomic E-state index is -0.457. The van der Waals surface area contributed by atoms with Gasteiger partial charge < -0.3 is 9.67 Å². The van der Waals surface area contributed by atoms with Crippen LogP contribution in [0.1, 0.15) is 38.4 Å². The molecule has 1 aromatic heterocycles. The first-order chi connectivity index (χ1) is 7.71. The Labute approximate surface area is 96.5 Å². The van der Waals surface area contributed by atoms with Crippen molar-refractivity contribution in [2.24, 2.45) is 11.8 Å². The Balaban J connectivity index is 1.79. The monoisotopic (exact) mass is 220 g/mol. The van der Waals surface area contributed by atoms with Gasteiger partial charge in [0.05, 0.1) is 5.60 Å². The molecular formula is C13H20N2O. The minimum Gasteiger partial charge on any atom is -0.389 e. The molecule has 0 saturated heterocycles. The Kier molecular flexibility index (Phi) is 2.32. The molecule has 0 radical (unpaired) electrons. The summed E-state index contributed by atoms with van der Waals surface area (Å²) in [5, 5.41) is 10.7. The van der Waals surface area contributed by atoms with Gasteiger partial charge in [-0.15, -0.1) is 0 Å². The second kappa shape index (κ2) is 3.59. The topological polar surface area (TPSA) is 38.0 Å². The van der Waals surface area contributed by atoms with Crippen LogP contribution in [0.5, 0.6) is 0 Å². The van der Waals surface area contributed by atoms with Gasteiger partial charge in [-0.3, -0.25) is 0 Å². The number of imidazole rings is 1. The zero-order valence-electron chi connectivity index (χ0n) is 9.89. The van der Waals surface area contributed by atoms with Gasteiger partial charge in [-0.1, -0.05) is 0 Å². The first kappa shape index (κ1) is 10.3. The highest BCUT2D eigenvalue weighted by atomic mass is 16.3. The lowest BCUT2D eigenvalue weighted by Crippen LogP contribution is -2.38. The van der Waals surface area contributed by atoms with Crippen molar-refractivity contribution in [3.05, 3.63) is 18.2 Å². The van der Waals surface area contributed by atoms with Crippen molar-refractivity contribution in [1.82, 2.24) is 9.55 Å². The number of aryl methyl sites for hydroxylation is 1. The molecule has 1 heterocycles. The molecule has 3 heteroatoms. The number of hydrogen-bond acceptors (Lipinski definition) is 2. The number of hydrogen-bond donors (Lipinski definition) is 1. The second-order valence-electron chi connectivity index (χ2n) is 5.49. The summed E-state index contributed by atoms with van der Waals surface area (Å²) in [6.07, 6.45) is 9.37. The van der Waals surface area contributed by atoms with Crippen molar-refractivity contribution >= 4 is 0 Å². The predicted octanol–water partition coefficient (Wildman–Crippen LogP) is 2.00. The van der Waals surface area contributed by atoms with E-state index in [0.29, 0.717) is 5.92 Å². The minimum absolute atomic E-state index is 0.457. The van der Waals surface area contributed by atoms with Crippen molar-refractivity contribution in [3.63, 3.8) is 0 Å². The van der Waals surface area contributed by atoms with E-state index in [1.807, 2.05) is 12.4 Å². The first-order valence-electron chi connectivity index (χ1n) is 6.43. The molecule has 2 bridgehead atoms. The Morgan fingerprint density at radius 3 is 3.06 bits per heavy atom. The van der Waals surface area contributed by atoms with E-state index in [2.05, 4.69) is 16.5 Å². The summed E-state index contributed by atoms with van der Waals surface area (Å²) < 4.78 is 2.14. The van der Waals surface area contributed by atoms with Crippen molar-refractivity contribution in [1.29, 1.82) is 0 Å². The lowest BCUT2D eigenvalue weighted by Gasteiger charge is -2.32. The molecule has 1 N–H and O–H groups in total. The Hall–Kier alpha value is -0.830. The van der Waals surface area contributed by atoms with Gasteiger partial charge in [-0.05, 0) is 44.4 Å². The number of aliphatic hydroxyl groups is 1. The maximum atomic E-state index is 10.7. The van der Waals surface area contributed by atoms with Crippen LogP contribution in [0, 0.1) is 11.8 Å². The summed E-state index contributed by atoms with van der Waals surface area (Å²) in [5.41, 5.74) is -0.457. The summed E-state index contributed by atoms with van der Waals surface area (Å²) in [7, 11) is 0. The van der Waals surface area contributed by atoms with Gasteiger partial charge in [0.25, 0.3) is 0 Å². The van der Waals surface area contributed by atoms with Crippen LogP contribution >= 0.6 is 0 Å². The van der Waals surface area contributed by atoms with Gasteiger partial charge in [0, 0.05) is 25.4 Å². The molecule has 3 atom stereocenters. The van der Waals surface area contributed by atoms with Crippen LogP contribution in [0.25, 0.3) is 0 Å². The van der Waals surface area contributed by atoms with Crippen molar-refractivity contribution in [3.8, 4) is 0 Å². The summed E-state index contributed by atoms with van der Waals surface area (Å²) >= 11 is 0. The molecule has 3 nitrogen and oxygen atoms in total. The zero-order chi connectivity index (χ0) is 11.2. The fourth-order valence-corrected chi connectivity index (χ4v) is 3.70. The molecule has 3 rings (SSSR count). The van der Waals surface area contributed by atoms with Crippen LogP contribution in [0.3, 0.4) is 0 Å². The van der Waals surface area contributed by atoms with Gasteiger partial charge in [0.1, 0.15) is 5.82 Å². The summed E-state index contributed by atoms with van der Waals surface area (Å²) in [4.78, 5) is 4.38. The Morgan fingerprint density at radius 2 is 2.44 bits per heavy atom. The number of fused-ring (bicyclic) bond motifs is 2. The van der Waals surface area contributed by atoms with Crippen LogP contribution < -0.4 is 0 Å². The molecule has 2 aliphatic carbocycles. The molecule has 2 fully saturated rings. The quantitative estimate of drug-likeness (QED) is 0.846. The van der Waals surface area contributed by atoms with Gasteiger partial charge >= 0.3 is 0 Å². The molecule has 1 aromatic rings. The molecule has 3 unspecified atom stereocenters. The van der Waals surface area contributed by atoms with Crippen LogP contribution in [-0.4, -0.2) is 20.3 Å². The molecule has 0 amide bonds. The molecule has 0 aromatic carbocycles.